The molecule has 1 saturated carbocycles. The van der Waals surface area contributed by atoms with Gasteiger partial charge in [0.15, 0.2) is 9.84 Å². The molecule has 2 atom stereocenters. The van der Waals surface area contributed by atoms with Gasteiger partial charge < -0.3 is 5.11 Å². The average Bonchev–Trinajstić information content (AvgIpc) is 3.02. The van der Waals surface area contributed by atoms with E-state index in [4.69, 9.17) is 5.11 Å². The van der Waals surface area contributed by atoms with Gasteiger partial charge in [-0.2, -0.15) is 0 Å². The first kappa shape index (κ1) is 13.8. The Labute approximate surface area is 108 Å². The van der Waals surface area contributed by atoms with Crippen molar-refractivity contribution >= 4 is 15.8 Å². The van der Waals surface area contributed by atoms with Gasteiger partial charge in [-0.3, -0.25) is 9.69 Å². The Balaban J connectivity index is 2.11. The van der Waals surface area contributed by atoms with E-state index >= 15 is 0 Å². The highest BCUT2D eigenvalue weighted by molar-refractivity contribution is 7.91. The molecule has 1 aliphatic heterocycles. The van der Waals surface area contributed by atoms with Gasteiger partial charge in [0.05, 0.1) is 18.1 Å². The molecule has 1 aliphatic carbocycles. The third-order valence-corrected chi connectivity index (χ3v) is 5.76. The second kappa shape index (κ2) is 5.17. The van der Waals surface area contributed by atoms with Gasteiger partial charge in [-0.15, -0.1) is 0 Å². The number of carbonyl (C=O) groups is 1. The molecule has 0 aromatic carbocycles. The van der Waals surface area contributed by atoms with E-state index in [1.54, 1.807) is 0 Å². The van der Waals surface area contributed by atoms with Crippen molar-refractivity contribution in [1.29, 1.82) is 0 Å². The summed E-state index contributed by atoms with van der Waals surface area (Å²) in [6.07, 6.45) is 3.77. The van der Waals surface area contributed by atoms with Crippen LogP contribution in [0, 0.1) is 5.92 Å². The summed E-state index contributed by atoms with van der Waals surface area (Å²) in [6, 6.07) is 0.135. The number of hydrogen-bond donors (Lipinski definition) is 1. The Morgan fingerprint density at radius 2 is 2.06 bits per heavy atom. The van der Waals surface area contributed by atoms with Crippen molar-refractivity contribution in [3.8, 4) is 0 Å². The van der Waals surface area contributed by atoms with Crippen molar-refractivity contribution in [2.75, 3.05) is 18.1 Å². The van der Waals surface area contributed by atoms with Gasteiger partial charge in [-0.1, -0.05) is 6.92 Å². The molecule has 5 nitrogen and oxygen atoms in total. The lowest BCUT2D eigenvalue weighted by Gasteiger charge is -2.34. The highest BCUT2D eigenvalue weighted by atomic mass is 32.2. The summed E-state index contributed by atoms with van der Waals surface area (Å²) >= 11 is 0. The Kier molecular flexibility index (Phi) is 3.96. The van der Waals surface area contributed by atoms with Gasteiger partial charge >= 0.3 is 5.97 Å². The molecule has 2 fully saturated rings. The fraction of sp³-hybridized carbons (Fsp3) is 0.917. The normalized spacial score (nSPS) is 28.4. The zero-order chi connectivity index (χ0) is 13.3. The van der Waals surface area contributed by atoms with Crippen LogP contribution in [0.25, 0.3) is 0 Å². The summed E-state index contributed by atoms with van der Waals surface area (Å²) in [4.78, 5) is 12.9. The molecular weight excluding hydrogens is 254 g/mol. The third kappa shape index (κ3) is 3.23. The van der Waals surface area contributed by atoms with Crippen molar-refractivity contribution in [1.82, 2.24) is 4.90 Å². The lowest BCUT2D eigenvalue weighted by atomic mass is 10.0. The van der Waals surface area contributed by atoms with Crippen molar-refractivity contribution in [2.24, 2.45) is 5.92 Å². The number of rotatable bonds is 6. The van der Waals surface area contributed by atoms with E-state index in [1.807, 2.05) is 4.90 Å². The summed E-state index contributed by atoms with van der Waals surface area (Å²) in [6.45, 7) is 2.02. The molecule has 0 aromatic rings. The minimum absolute atomic E-state index is 0.0325. The van der Waals surface area contributed by atoms with E-state index in [-0.39, 0.29) is 30.1 Å². The Morgan fingerprint density at radius 3 is 2.44 bits per heavy atom. The molecular formula is C12H21NO4S. The van der Waals surface area contributed by atoms with Crippen LogP contribution in [0.5, 0.6) is 0 Å². The molecule has 1 heterocycles. The number of carboxylic acids is 1. The van der Waals surface area contributed by atoms with Crippen LogP contribution in [0.3, 0.4) is 0 Å². The standard InChI is InChI=1S/C12H21NO4S/c1-2-11(9-3-4-9)13(7-12(14)15)10-5-6-18(16,17)8-10/h9-11H,2-8H2,1H3,(H,14,15). The van der Waals surface area contributed by atoms with Crippen molar-refractivity contribution in [2.45, 2.75) is 44.7 Å². The van der Waals surface area contributed by atoms with Crippen LogP contribution in [0.15, 0.2) is 0 Å². The second-order valence-corrected chi connectivity index (χ2v) is 7.66. The fourth-order valence-electron chi connectivity index (χ4n) is 3.03. The van der Waals surface area contributed by atoms with Gasteiger partial charge in [-0.25, -0.2) is 8.42 Å². The molecule has 2 aliphatic rings. The number of aliphatic carboxylic acids is 1. The molecule has 18 heavy (non-hydrogen) atoms. The lowest BCUT2D eigenvalue weighted by Crippen LogP contribution is -2.47. The highest BCUT2D eigenvalue weighted by Crippen LogP contribution is 2.38. The first-order chi connectivity index (χ1) is 8.43. The summed E-state index contributed by atoms with van der Waals surface area (Å²) < 4.78 is 23.1. The maximum absolute atomic E-state index is 11.6. The van der Waals surface area contributed by atoms with Crippen LogP contribution < -0.4 is 0 Å². The Morgan fingerprint density at radius 1 is 1.39 bits per heavy atom. The number of carboxylic acid groups (broad SMARTS) is 1. The van der Waals surface area contributed by atoms with Gasteiger partial charge in [-0.05, 0) is 31.6 Å². The van der Waals surface area contributed by atoms with E-state index in [9.17, 15) is 13.2 Å². The smallest absolute Gasteiger partial charge is 0.317 e. The molecule has 0 spiro atoms. The molecule has 2 unspecified atom stereocenters. The van der Waals surface area contributed by atoms with E-state index in [0.717, 1.165) is 19.3 Å². The van der Waals surface area contributed by atoms with E-state index in [0.29, 0.717) is 12.3 Å². The molecule has 2 rings (SSSR count). The van der Waals surface area contributed by atoms with E-state index in [1.165, 1.54) is 0 Å². The van der Waals surface area contributed by atoms with Crippen LogP contribution in [0.1, 0.15) is 32.6 Å². The Bertz CT molecular complexity index is 416. The largest absolute Gasteiger partial charge is 0.480 e. The van der Waals surface area contributed by atoms with Crippen LogP contribution >= 0.6 is 0 Å². The minimum atomic E-state index is -2.96. The molecule has 1 N–H and O–H groups in total. The van der Waals surface area contributed by atoms with Crippen molar-refractivity contribution < 1.29 is 18.3 Å². The minimum Gasteiger partial charge on any atom is -0.480 e. The summed E-state index contributed by atoms with van der Waals surface area (Å²) in [7, 11) is -2.96. The number of hydrogen-bond acceptors (Lipinski definition) is 4. The van der Waals surface area contributed by atoms with Gasteiger partial charge in [0.25, 0.3) is 0 Å². The first-order valence-corrected chi connectivity index (χ1v) is 8.43. The molecule has 0 bridgehead atoms. The molecule has 1 saturated heterocycles. The van der Waals surface area contributed by atoms with E-state index < -0.39 is 15.8 Å². The highest BCUT2D eigenvalue weighted by Gasteiger charge is 2.41. The van der Waals surface area contributed by atoms with Crippen LogP contribution in [0.4, 0.5) is 0 Å². The summed E-state index contributed by atoms with van der Waals surface area (Å²) in [5.74, 6) is 0.0364. The van der Waals surface area contributed by atoms with Gasteiger partial charge in [0.2, 0.25) is 0 Å². The summed E-state index contributed by atoms with van der Waals surface area (Å²) in [5.41, 5.74) is 0. The third-order valence-electron chi connectivity index (χ3n) is 4.01. The maximum Gasteiger partial charge on any atom is 0.317 e. The van der Waals surface area contributed by atoms with E-state index in [2.05, 4.69) is 6.92 Å². The average molecular weight is 275 g/mol. The number of nitrogens with zero attached hydrogens (tertiary/aromatic N) is 1. The predicted octanol–water partition coefficient (Wildman–Crippen LogP) is 0.749. The Hall–Kier alpha value is -0.620. The number of sulfone groups is 1. The van der Waals surface area contributed by atoms with Crippen LogP contribution in [-0.4, -0.2) is 54.5 Å². The van der Waals surface area contributed by atoms with Crippen LogP contribution in [0.2, 0.25) is 0 Å². The zero-order valence-electron chi connectivity index (χ0n) is 10.7. The molecule has 0 radical (unpaired) electrons. The zero-order valence-corrected chi connectivity index (χ0v) is 11.5. The summed E-state index contributed by atoms with van der Waals surface area (Å²) in [5, 5.41) is 9.03. The molecule has 0 amide bonds. The first-order valence-electron chi connectivity index (χ1n) is 6.61. The SMILES string of the molecule is CCC(C1CC1)N(CC(=O)O)C1CCS(=O)(=O)C1. The molecule has 104 valence electrons. The molecule has 6 heteroatoms. The van der Waals surface area contributed by atoms with Crippen molar-refractivity contribution in [3.05, 3.63) is 0 Å². The predicted molar refractivity (Wildman–Crippen MR) is 68.2 cm³/mol. The second-order valence-electron chi connectivity index (χ2n) is 5.44. The lowest BCUT2D eigenvalue weighted by molar-refractivity contribution is -0.139. The van der Waals surface area contributed by atoms with Crippen LogP contribution in [-0.2, 0) is 14.6 Å². The van der Waals surface area contributed by atoms with Crippen molar-refractivity contribution in [3.63, 3.8) is 0 Å². The topological polar surface area (TPSA) is 74.7 Å². The van der Waals surface area contributed by atoms with Gasteiger partial charge in [0, 0.05) is 12.1 Å². The monoisotopic (exact) mass is 275 g/mol. The quantitative estimate of drug-likeness (QED) is 0.774. The maximum atomic E-state index is 11.6. The molecule has 0 aromatic heterocycles. The fourth-order valence-corrected chi connectivity index (χ4v) is 4.77. The van der Waals surface area contributed by atoms with Gasteiger partial charge in [0.1, 0.15) is 0 Å².